The zero-order chi connectivity index (χ0) is 12.7. The van der Waals surface area contributed by atoms with Crippen molar-refractivity contribution in [2.75, 3.05) is 19.5 Å². The normalized spacial score (nSPS) is 9.06. The predicted molar refractivity (Wildman–Crippen MR) is 63.3 cm³/mol. The number of nitrogens with two attached hydrogens (primary N) is 1. The summed E-state index contributed by atoms with van der Waals surface area (Å²) >= 11 is 0. The standard InChI is InChI=1S/C12H14N2O3/c1-3-17-11(15)6-4-5-9-7-8-10(13)12(14-9)16-2/h7-8H,3,6,13H2,1-2H3. The summed E-state index contributed by atoms with van der Waals surface area (Å²) in [5.74, 6) is 5.39. The maximum absolute atomic E-state index is 11.0. The van der Waals surface area contributed by atoms with E-state index in [4.69, 9.17) is 15.2 Å². The van der Waals surface area contributed by atoms with Crippen LogP contribution in [0.3, 0.4) is 0 Å². The Morgan fingerprint density at radius 2 is 2.29 bits per heavy atom. The van der Waals surface area contributed by atoms with Gasteiger partial charge in [0.2, 0.25) is 5.88 Å². The molecule has 0 atom stereocenters. The molecule has 0 spiro atoms. The summed E-state index contributed by atoms with van der Waals surface area (Å²) in [6.07, 6.45) is 0.0439. The van der Waals surface area contributed by atoms with Crippen molar-refractivity contribution in [2.24, 2.45) is 0 Å². The Balaban J connectivity index is 2.69. The summed E-state index contributed by atoms with van der Waals surface area (Å²) in [5, 5.41) is 0. The van der Waals surface area contributed by atoms with Crippen LogP contribution in [0.1, 0.15) is 19.0 Å². The Kier molecular flexibility index (Phi) is 4.82. The van der Waals surface area contributed by atoms with Gasteiger partial charge in [-0.25, -0.2) is 4.98 Å². The Labute approximate surface area is 99.9 Å². The SMILES string of the molecule is CCOC(=O)CC#Cc1ccc(N)c(OC)n1. The van der Waals surface area contributed by atoms with Crippen molar-refractivity contribution >= 4 is 11.7 Å². The number of methoxy groups -OCH3 is 1. The predicted octanol–water partition coefficient (Wildman–Crippen LogP) is 0.977. The van der Waals surface area contributed by atoms with Gasteiger partial charge in [-0.15, -0.1) is 0 Å². The maximum atomic E-state index is 11.0. The Morgan fingerprint density at radius 3 is 2.94 bits per heavy atom. The van der Waals surface area contributed by atoms with Crippen molar-refractivity contribution in [1.29, 1.82) is 0 Å². The third-order valence-electron chi connectivity index (χ3n) is 1.84. The lowest BCUT2D eigenvalue weighted by Gasteiger charge is -2.02. The van der Waals surface area contributed by atoms with E-state index in [-0.39, 0.29) is 12.4 Å². The monoisotopic (exact) mass is 234 g/mol. The van der Waals surface area contributed by atoms with Gasteiger partial charge in [0.05, 0.1) is 19.4 Å². The number of carbonyl (C=O) groups is 1. The van der Waals surface area contributed by atoms with Crippen LogP contribution in [-0.2, 0) is 9.53 Å². The van der Waals surface area contributed by atoms with Crippen LogP contribution in [-0.4, -0.2) is 24.7 Å². The minimum Gasteiger partial charge on any atom is -0.479 e. The van der Waals surface area contributed by atoms with Gasteiger partial charge < -0.3 is 15.2 Å². The van der Waals surface area contributed by atoms with Gasteiger partial charge >= 0.3 is 5.97 Å². The molecule has 0 radical (unpaired) electrons. The van der Waals surface area contributed by atoms with Gasteiger partial charge in [-0.1, -0.05) is 5.92 Å². The van der Waals surface area contributed by atoms with Crippen molar-refractivity contribution in [1.82, 2.24) is 4.98 Å². The molecule has 0 saturated carbocycles. The molecule has 0 unspecified atom stereocenters. The van der Waals surface area contributed by atoms with Crippen LogP contribution in [0.25, 0.3) is 0 Å². The van der Waals surface area contributed by atoms with Crippen molar-refractivity contribution in [3.8, 4) is 17.7 Å². The van der Waals surface area contributed by atoms with Crippen LogP contribution >= 0.6 is 0 Å². The molecule has 1 rings (SSSR count). The van der Waals surface area contributed by atoms with Crippen molar-refractivity contribution in [3.63, 3.8) is 0 Å². The number of hydrogen-bond acceptors (Lipinski definition) is 5. The molecule has 0 aliphatic rings. The first kappa shape index (κ1) is 12.8. The minimum absolute atomic E-state index is 0.0439. The van der Waals surface area contributed by atoms with Gasteiger partial charge in [0, 0.05) is 0 Å². The highest BCUT2D eigenvalue weighted by Crippen LogP contribution is 2.16. The molecule has 0 aromatic carbocycles. The molecule has 2 N–H and O–H groups in total. The van der Waals surface area contributed by atoms with Gasteiger partial charge in [0.15, 0.2) is 0 Å². The van der Waals surface area contributed by atoms with Gasteiger partial charge in [-0.2, -0.15) is 0 Å². The summed E-state index contributed by atoms with van der Waals surface area (Å²) < 4.78 is 9.69. The topological polar surface area (TPSA) is 74.4 Å². The zero-order valence-electron chi connectivity index (χ0n) is 9.82. The van der Waals surface area contributed by atoms with E-state index in [1.165, 1.54) is 7.11 Å². The fourth-order valence-corrected chi connectivity index (χ4v) is 1.10. The fourth-order valence-electron chi connectivity index (χ4n) is 1.10. The zero-order valence-corrected chi connectivity index (χ0v) is 9.82. The van der Waals surface area contributed by atoms with Crippen LogP contribution in [0.15, 0.2) is 12.1 Å². The number of nitrogen functional groups attached to an aromatic ring is 1. The Bertz CT molecular complexity index is 461. The van der Waals surface area contributed by atoms with E-state index in [9.17, 15) is 4.79 Å². The van der Waals surface area contributed by atoms with Gasteiger partial charge in [-0.3, -0.25) is 4.79 Å². The molecule has 0 aliphatic heterocycles. The summed E-state index contributed by atoms with van der Waals surface area (Å²) in [6.45, 7) is 2.10. The van der Waals surface area contributed by atoms with Crippen LogP contribution < -0.4 is 10.5 Å². The second-order valence-corrected chi connectivity index (χ2v) is 3.08. The smallest absolute Gasteiger partial charge is 0.317 e. The molecule has 1 heterocycles. The number of anilines is 1. The van der Waals surface area contributed by atoms with Gasteiger partial charge in [0.25, 0.3) is 0 Å². The molecule has 1 aromatic heterocycles. The van der Waals surface area contributed by atoms with Crippen LogP contribution in [0.5, 0.6) is 5.88 Å². The quantitative estimate of drug-likeness (QED) is 0.623. The molecule has 17 heavy (non-hydrogen) atoms. The number of ether oxygens (including phenoxy) is 2. The number of rotatable bonds is 3. The molecule has 1 aromatic rings. The lowest BCUT2D eigenvalue weighted by Crippen LogP contribution is -2.01. The number of aromatic nitrogens is 1. The number of hydrogen-bond donors (Lipinski definition) is 1. The summed E-state index contributed by atoms with van der Waals surface area (Å²) in [5.41, 5.74) is 6.55. The number of carbonyl (C=O) groups excluding carboxylic acids is 1. The van der Waals surface area contributed by atoms with Crippen molar-refractivity contribution in [2.45, 2.75) is 13.3 Å². The lowest BCUT2D eigenvalue weighted by atomic mass is 10.3. The van der Waals surface area contributed by atoms with Gasteiger partial charge in [-0.05, 0) is 25.0 Å². The van der Waals surface area contributed by atoms with E-state index in [0.29, 0.717) is 23.9 Å². The minimum atomic E-state index is -0.345. The second-order valence-electron chi connectivity index (χ2n) is 3.08. The van der Waals surface area contributed by atoms with Crippen LogP contribution in [0, 0.1) is 11.8 Å². The molecule has 90 valence electrons. The first-order valence-corrected chi connectivity index (χ1v) is 5.12. The van der Waals surface area contributed by atoms with Crippen LogP contribution in [0.4, 0.5) is 5.69 Å². The molecule has 0 saturated heterocycles. The molecule has 0 bridgehead atoms. The lowest BCUT2D eigenvalue weighted by molar-refractivity contribution is -0.141. The molecule has 0 amide bonds. The van der Waals surface area contributed by atoms with Crippen molar-refractivity contribution < 1.29 is 14.3 Å². The Morgan fingerprint density at radius 1 is 1.53 bits per heavy atom. The number of esters is 1. The van der Waals surface area contributed by atoms with E-state index in [1.807, 2.05) is 0 Å². The number of pyridine rings is 1. The molecular formula is C12H14N2O3. The first-order valence-electron chi connectivity index (χ1n) is 5.12. The van der Waals surface area contributed by atoms with Gasteiger partial charge in [0.1, 0.15) is 12.1 Å². The van der Waals surface area contributed by atoms with Crippen LogP contribution in [0.2, 0.25) is 0 Å². The van der Waals surface area contributed by atoms with E-state index >= 15 is 0 Å². The third kappa shape index (κ3) is 4.03. The molecule has 0 fully saturated rings. The summed E-state index contributed by atoms with van der Waals surface area (Å²) in [6, 6.07) is 3.32. The second kappa shape index (κ2) is 6.38. The molecule has 0 aliphatic carbocycles. The fraction of sp³-hybridized carbons (Fsp3) is 0.333. The maximum Gasteiger partial charge on any atom is 0.317 e. The van der Waals surface area contributed by atoms with E-state index in [2.05, 4.69) is 16.8 Å². The Hall–Kier alpha value is -2.22. The van der Waals surface area contributed by atoms with E-state index < -0.39 is 0 Å². The largest absolute Gasteiger partial charge is 0.479 e. The van der Waals surface area contributed by atoms with E-state index in [1.54, 1.807) is 19.1 Å². The highest BCUT2D eigenvalue weighted by Gasteiger charge is 2.01. The van der Waals surface area contributed by atoms with Crippen molar-refractivity contribution in [3.05, 3.63) is 17.8 Å². The number of nitrogens with zero attached hydrogens (tertiary/aromatic N) is 1. The molecule has 5 nitrogen and oxygen atoms in total. The molecular weight excluding hydrogens is 220 g/mol. The average molecular weight is 234 g/mol. The first-order chi connectivity index (χ1) is 8.17. The van der Waals surface area contributed by atoms with E-state index in [0.717, 1.165) is 0 Å². The highest BCUT2D eigenvalue weighted by atomic mass is 16.5. The molecule has 5 heteroatoms. The third-order valence-corrected chi connectivity index (χ3v) is 1.84. The average Bonchev–Trinajstić information content (AvgIpc) is 2.31. The highest BCUT2D eigenvalue weighted by molar-refractivity contribution is 5.72. The summed E-state index contributed by atoms with van der Waals surface area (Å²) in [7, 11) is 1.48. The summed E-state index contributed by atoms with van der Waals surface area (Å²) in [4.78, 5) is 15.1.